The molecule has 1 amide bonds. The smallest absolute Gasteiger partial charge is 0.244 e. The Morgan fingerprint density at radius 3 is 2.43 bits per heavy atom. The standard InChI is InChI=1S/C18H27N3O2/c1-20(2)10-7-15-3-5-16(6-4-15)19-17(22)18(8-9-18)21-11-13-23-14-12-21/h3-6H,7-14H2,1-2H3,(H,19,22). The highest BCUT2D eigenvalue weighted by Crippen LogP contribution is 2.43. The average Bonchev–Trinajstić information content (AvgIpc) is 3.37. The molecule has 0 spiro atoms. The quantitative estimate of drug-likeness (QED) is 0.865. The maximum atomic E-state index is 12.7. The van der Waals surface area contributed by atoms with Gasteiger partial charge in [-0.25, -0.2) is 0 Å². The van der Waals surface area contributed by atoms with Crippen LogP contribution >= 0.6 is 0 Å². The zero-order valence-electron chi connectivity index (χ0n) is 14.2. The Morgan fingerprint density at radius 2 is 1.87 bits per heavy atom. The average molecular weight is 317 g/mol. The fourth-order valence-electron chi connectivity index (χ4n) is 3.15. The molecular weight excluding hydrogens is 290 g/mol. The van der Waals surface area contributed by atoms with Crippen LogP contribution in [0.1, 0.15) is 18.4 Å². The number of carbonyl (C=O) groups excluding carboxylic acids is 1. The molecule has 1 saturated heterocycles. The number of carbonyl (C=O) groups is 1. The summed E-state index contributed by atoms with van der Waals surface area (Å²) in [5, 5.41) is 3.10. The molecule has 1 aliphatic carbocycles. The molecule has 2 aliphatic rings. The van der Waals surface area contributed by atoms with Crippen molar-refractivity contribution < 1.29 is 9.53 Å². The Labute approximate surface area is 138 Å². The van der Waals surface area contributed by atoms with Crippen molar-refractivity contribution in [2.24, 2.45) is 0 Å². The van der Waals surface area contributed by atoms with Crippen LogP contribution in [0.2, 0.25) is 0 Å². The first-order chi connectivity index (χ1) is 11.1. The summed E-state index contributed by atoms with van der Waals surface area (Å²) in [5.41, 5.74) is 1.90. The number of hydrogen-bond donors (Lipinski definition) is 1. The lowest BCUT2D eigenvalue weighted by Gasteiger charge is -2.33. The van der Waals surface area contributed by atoms with Gasteiger partial charge in [-0.1, -0.05) is 12.1 Å². The van der Waals surface area contributed by atoms with E-state index in [2.05, 4.69) is 41.3 Å². The zero-order chi connectivity index (χ0) is 16.3. The highest BCUT2D eigenvalue weighted by atomic mass is 16.5. The largest absolute Gasteiger partial charge is 0.379 e. The number of amides is 1. The van der Waals surface area contributed by atoms with E-state index in [9.17, 15) is 4.79 Å². The van der Waals surface area contributed by atoms with Crippen molar-refractivity contribution >= 4 is 11.6 Å². The van der Waals surface area contributed by atoms with Gasteiger partial charge < -0.3 is 15.0 Å². The van der Waals surface area contributed by atoms with Crippen LogP contribution in [0.4, 0.5) is 5.69 Å². The van der Waals surface area contributed by atoms with Gasteiger partial charge in [0.25, 0.3) is 0 Å². The van der Waals surface area contributed by atoms with Crippen LogP contribution in [-0.4, -0.2) is 68.2 Å². The normalized spacial score (nSPS) is 20.5. The van der Waals surface area contributed by atoms with Crippen LogP contribution in [0.25, 0.3) is 0 Å². The summed E-state index contributed by atoms with van der Waals surface area (Å²) in [6.07, 6.45) is 2.94. The number of rotatable bonds is 6. The topological polar surface area (TPSA) is 44.8 Å². The molecule has 5 heteroatoms. The molecule has 1 heterocycles. The third-order valence-electron chi connectivity index (χ3n) is 4.82. The van der Waals surface area contributed by atoms with E-state index >= 15 is 0 Å². The summed E-state index contributed by atoms with van der Waals surface area (Å²) in [6.45, 7) is 4.21. The number of morpholine rings is 1. The number of likely N-dealkylation sites (N-methyl/N-ethyl adjacent to an activating group) is 1. The van der Waals surface area contributed by atoms with Gasteiger partial charge in [0.05, 0.1) is 13.2 Å². The molecule has 23 heavy (non-hydrogen) atoms. The number of hydrogen-bond acceptors (Lipinski definition) is 4. The zero-order valence-corrected chi connectivity index (χ0v) is 14.2. The molecule has 1 aromatic carbocycles. The fourth-order valence-corrected chi connectivity index (χ4v) is 3.15. The van der Waals surface area contributed by atoms with Gasteiger partial charge in [-0.3, -0.25) is 9.69 Å². The molecule has 1 aliphatic heterocycles. The van der Waals surface area contributed by atoms with Gasteiger partial charge in [0.1, 0.15) is 5.54 Å². The maximum Gasteiger partial charge on any atom is 0.244 e. The minimum Gasteiger partial charge on any atom is -0.379 e. The van der Waals surface area contributed by atoms with E-state index in [1.54, 1.807) is 0 Å². The van der Waals surface area contributed by atoms with Crippen molar-refractivity contribution in [3.63, 3.8) is 0 Å². The molecule has 0 aromatic heterocycles. The lowest BCUT2D eigenvalue weighted by molar-refractivity contribution is -0.124. The van der Waals surface area contributed by atoms with Crippen molar-refractivity contribution in [1.82, 2.24) is 9.80 Å². The van der Waals surface area contributed by atoms with Gasteiger partial charge in [0, 0.05) is 25.3 Å². The minimum absolute atomic E-state index is 0.139. The van der Waals surface area contributed by atoms with Gasteiger partial charge in [0.2, 0.25) is 5.91 Å². The van der Waals surface area contributed by atoms with Gasteiger partial charge in [-0.05, 0) is 51.1 Å². The van der Waals surface area contributed by atoms with Crippen LogP contribution in [0, 0.1) is 0 Å². The van der Waals surface area contributed by atoms with E-state index in [1.807, 2.05) is 12.1 Å². The molecule has 0 radical (unpaired) electrons. The Morgan fingerprint density at radius 1 is 1.22 bits per heavy atom. The maximum absolute atomic E-state index is 12.7. The second kappa shape index (κ2) is 6.99. The molecule has 1 saturated carbocycles. The van der Waals surface area contributed by atoms with Crippen molar-refractivity contribution in [2.75, 3.05) is 52.3 Å². The number of nitrogens with zero attached hydrogens (tertiary/aromatic N) is 2. The first-order valence-corrected chi connectivity index (χ1v) is 8.48. The van der Waals surface area contributed by atoms with Crippen molar-refractivity contribution in [2.45, 2.75) is 24.8 Å². The molecule has 0 atom stereocenters. The molecule has 126 valence electrons. The molecule has 0 bridgehead atoms. The minimum atomic E-state index is -0.284. The number of nitrogens with one attached hydrogen (secondary N) is 1. The van der Waals surface area contributed by atoms with E-state index in [0.29, 0.717) is 0 Å². The Bertz CT molecular complexity index is 532. The van der Waals surface area contributed by atoms with Gasteiger partial charge in [0.15, 0.2) is 0 Å². The Hall–Kier alpha value is -1.43. The van der Waals surface area contributed by atoms with Crippen LogP contribution in [-0.2, 0) is 16.0 Å². The highest BCUT2D eigenvalue weighted by Gasteiger charge is 2.54. The van der Waals surface area contributed by atoms with Crippen LogP contribution in [0.3, 0.4) is 0 Å². The van der Waals surface area contributed by atoms with E-state index in [1.165, 1.54) is 5.56 Å². The molecule has 5 nitrogen and oxygen atoms in total. The van der Waals surface area contributed by atoms with Crippen LogP contribution in [0.5, 0.6) is 0 Å². The predicted octanol–water partition coefficient (Wildman–Crippen LogP) is 1.59. The molecule has 1 N–H and O–H groups in total. The van der Waals surface area contributed by atoms with E-state index < -0.39 is 0 Å². The Kier molecular flexibility index (Phi) is 4.99. The number of ether oxygens (including phenoxy) is 1. The molecular formula is C18H27N3O2. The lowest BCUT2D eigenvalue weighted by atomic mass is 10.1. The first-order valence-electron chi connectivity index (χ1n) is 8.48. The third kappa shape index (κ3) is 3.91. The van der Waals surface area contributed by atoms with E-state index in [4.69, 9.17) is 4.74 Å². The van der Waals surface area contributed by atoms with Crippen molar-refractivity contribution in [3.8, 4) is 0 Å². The highest BCUT2D eigenvalue weighted by molar-refractivity contribution is 6.00. The summed E-state index contributed by atoms with van der Waals surface area (Å²) in [5.74, 6) is 0.139. The van der Waals surface area contributed by atoms with Crippen molar-refractivity contribution in [3.05, 3.63) is 29.8 Å². The van der Waals surface area contributed by atoms with Crippen LogP contribution < -0.4 is 5.32 Å². The third-order valence-corrected chi connectivity index (χ3v) is 4.82. The molecule has 0 unspecified atom stereocenters. The summed E-state index contributed by atoms with van der Waals surface area (Å²) >= 11 is 0. The van der Waals surface area contributed by atoms with Gasteiger partial charge in [-0.15, -0.1) is 0 Å². The van der Waals surface area contributed by atoms with Gasteiger partial charge >= 0.3 is 0 Å². The summed E-state index contributed by atoms with van der Waals surface area (Å²) in [4.78, 5) is 17.2. The molecule has 2 fully saturated rings. The molecule has 3 rings (SSSR count). The first kappa shape index (κ1) is 16.4. The second-order valence-electron chi connectivity index (χ2n) is 6.84. The summed E-state index contributed by atoms with van der Waals surface area (Å²) in [6, 6.07) is 8.23. The number of benzene rings is 1. The van der Waals surface area contributed by atoms with Gasteiger partial charge in [-0.2, -0.15) is 0 Å². The van der Waals surface area contributed by atoms with E-state index in [-0.39, 0.29) is 11.4 Å². The Balaban J connectivity index is 1.57. The fraction of sp³-hybridized carbons (Fsp3) is 0.611. The van der Waals surface area contributed by atoms with Crippen LogP contribution in [0.15, 0.2) is 24.3 Å². The SMILES string of the molecule is CN(C)CCc1ccc(NC(=O)C2(N3CCOCC3)CC2)cc1. The molecule has 1 aromatic rings. The monoisotopic (exact) mass is 317 g/mol. The predicted molar refractivity (Wildman–Crippen MR) is 91.7 cm³/mol. The summed E-state index contributed by atoms with van der Waals surface area (Å²) < 4.78 is 5.40. The summed E-state index contributed by atoms with van der Waals surface area (Å²) in [7, 11) is 4.16. The number of anilines is 1. The lowest BCUT2D eigenvalue weighted by Crippen LogP contribution is -2.51. The van der Waals surface area contributed by atoms with Crippen molar-refractivity contribution in [1.29, 1.82) is 0 Å². The second-order valence-corrected chi connectivity index (χ2v) is 6.84. The van der Waals surface area contributed by atoms with E-state index in [0.717, 1.165) is 57.8 Å².